The normalized spacial score (nSPS) is 14.6. The molecule has 0 saturated carbocycles. The largest absolute Gasteiger partial charge is 0.338 e. The summed E-state index contributed by atoms with van der Waals surface area (Å²) in [5, 5.41) is 2.53. The van der Waals surface area contributed by atoms with Crippen LogP contribution in [0.4, 0.5) is 5.69 Å². The summed E-state index contributed by atoms with van der Waals surface area (Å²) in [6.07, 6.45) is 2.35. The molecule has 0 bridgehead atoms. The molecule has 1 aliphatic heterocycles. The molecule has 0 unspecified atom stereocenters. The topological polar surface area (TPSA) is 7.12 Å². The number of anilines is 1. The van der Waals surface area contributed by atoms with Gasteiger partial charge in [0.15, 0.2) is 0 Å². The van der Waals surface area contributed by atoms with Crippen LogP contribution in [0, 0.1) is 6.92 Å². The Labute approximate surface area is 220 Å². The number of benzene rings is 3. The molecule has 2 heterocycles. The Balaban J connectivity index is 1.56. The highest BCUT2D eigenvalue weighted by atomic mass is 32.2. The van der Waals surface area contributed by atoms with Gasteiger partial charge in [-0.05, 0) is 68.3 Å². The van der Waals surface area contributed by atoms with Gasteiger partial charge >= 0.3 is 0 Å². The molecule has 1 aliphatic rings. The highest BCUT2D eigenvalue weighted by Gasteiger charge is 2.24. The smallest absolute Gasteiger partial charge is 0.213 e. The van der Waals surface area contributed by atoms with E-state index in [2.05, 4.69) is 130 Å². The van der Waals surface area contributed by atoms with Gasteiger partial charge in [-0.25, -0.2) is 0 Å². The molecule has 0 fully saturated rings. The van der Waals surface area contributed by atoms with Gasteiger partial charge in [-0.3, -0.25) is 0 Å². The number of hydrogen-bond donors (Lipinski definition) is 0. The van der Waals surface area contributed by atoms with Crippen molar-refractivity contribution in [1.82, 2.24) is 0 Å². The number of fused-ring (bicyclic) bond motifs is 2. The summed E-state index contributed by atoms with van der Waals surface area (Å²) in [7, 11) is 6.70. The van der Waals surface area contributed by atoms with Crippen molar-refractivity contribution in [2.45, 2.75) is 32.2 Å². The van der Waals surface area contributed by atoms with Crippen LogP contribution in [0.1, 0.15) is 30.5 Å². The number of para-hydroxylation sites is 1. The highest BCUT2D eigenvalue weighted by Crippen LogP contribution is 2.46. The number of thioether (sulfide) groups is 1. The summed E-state index contributed by atoms with van der Waals surface area (Å²) < 4.78 is 3.39. The van der Waals surface area contributed by atoms with Crippen LogP contribution in [0.2, 0.25) is 0 Å². The Bertz CT molecular complexity index is 1450. The van der Waals surface area contributed by atoms with Crippen molar-refractivity contribution < 1.29 is 9.05 Å². The van der Waals surface area contributed by atoms with Crippen molar-refractivity contribution in [2.24, 2.45) is 7.05 Å². The van der Waals surface area contributed by atoms with Gasteiger partial charge in [-0.1, -0.05) is 42.1 Å². The fraction of sp³-hybridized carbons (Fsp3) is 0.281. The lowest BCUT2D eigenvalue weighted by Gasteiger charge is -2.32. The van der Waals surface area contributed by atoms with E-state index in [0.29, 0.717) is 0 Å². The van der Waals surface area contributed by atoms with Gasteiger partial charge < -0.3 is 9.38 Å². The third-order valence-corrected chi connectivity index (χ3v) is 9.04. The van der Waals surface area contributed by atoms with Gasteiger partial charge in [0, 0.05) is 35.2 Å². The van der Waals surface area contributed by atoms with Gasteiger partial charge in [0.2, 0.25) is 11.2 Å². The molecule has 4 aromatic rings. The minimum absolute atomic E-state index is 1.06. The molecule has 0 N–H and O–H groups in total. The Hall–Kier alpha value is -3.08. The van der Waals surface area contributed by atoms with Crippen molar-refractivity contribution in [2.75, 3.05) is 32.1 Å². The zero-order valence-electron chi connectivity index (χ0n) is 22.4. The first-order valence-electron chi connectivity index (χ1n) is 12.9. The van der Waals surface area contributed by atoms with Crippen molar-refractivity contribution in [3.05, 3.63) is 94.5 Å². The van der Waals surface area contributed by atoms with E-state index in [1.165, 1.54) is 54.5 Å². The monoisotopic (exact) mass is 495 g/mol. The van der Waals surface area contributed by atoms with Crippen LogP contribution in [0.5, 0.6) is 0 Å². The van der Waals surface area contributed by atoms with Crippen LogP contribution in [0.25, 0.3) is 28.2 Å². The molecule has 0 spiro atoms. The molecule has 0 radical (unpaired) electrons. The third kappa shape index (κ3) is 4.56. The molecule has 3 aromatic carbocycles. The lowest BCUT2D eigenvalue weighted by molar-refractivity contribution is -0.919. The number of pyridine rings is 1. The molecule has 184 valence electrons. The molecular weight excluding hydrogens is 458 g/mol. The van der Waals surface area contributed by atoms with Crippen LogP contribution in [0.15, 0.2) is 82.7 Å². The summed E-state index contributed by atoms with van der Waals surface area (Å²) in [5.74, 6) is 0. The van der Waals surface area contributed by atoms with E-state index in [-0.39, 0.29) is 0 Å². The van der Waals surface area contributed by atoms with Crippen molar-refractivity contribution in [1.29, 1.82) is 0 Å². The van der Waals surface area contributed by atoms with Gasteiger partial charge in [-0.15, -0.1) is 0 Å². The van der Waals surface area contributed by atoms with E-state index in [1.54, 1.807) is 0 Å². The average molecular weight is 496 g/mol. The third-order valence-electron chi connectivity index (χ3n) is 7.87. The number of rotatable bonds is 6. The van der Waals surface area contributed by atoms with E-state index >= 15 is 0 Å². The highest BCUT2D eigenvalue weighted by molar-refractivity contribution is 8.03. The number of quaternary nitrogens is 1. The Morgan fingerprint density at radius 3 is 2.39 bits per heavy atom. The number of hydrogen-bond acceptors (Lipinski definition) is 2. The lowest BCUT2D eigenvalue weighted by atomic mass is 10.0. The predicted molar refractivity (Wildman–Crippen MR) is 155 cm³/mol. The molecule has 4 heteroatoms. The fourth-order valence-corrected chi connectivity index (χ4v) is 6.15. The van der Waals surface area contributed by atoms with Crippen molar-refractivity contribution >= 4 is 34.4 Å². The molecule has 36 heavy (non-hydrogen) atoms. The second-order valence-corrected chi connectivity index (χ2v) is 11.3. The Morgan fingerprint density at radius 1 is 0.944 bits per heavy atom. The summed E-state index contributed by atoms with van der Waals surface area (Å²) in [6, 6.07) is 27.0. The van der Waals surface area contributed by atoms with E-state index in [4.69, 9.17) is 0 Å². The quantitative estimate of drug-likeness (QED) is 0.207. The second-order valence-electron chi connectivity index (χ2n) is 10.3. The minimum atomic E-state index is 1.06. The minimum Gasteiger partial charge on any atom is -0.338 e. The van der Waals surface area contributed by atoms with Gasteiger partial charge in [0.25, 0.3) is 0 Å². The van der Waals surface area contributed by atoms with Crippen LogP contribution in [-0.2, 0) is 13.6 Å². The van der Waals surface area contributed by atoms with Crippen LogP contribution < -0.4 is 9.47 Å². The molecule has 0 saturated heterocycles. The summed E-state index contributed by atoms with van der Waals surface area (Å²) in [4.78, 5) is 3.64. The van der Waals surface area contributed by atoms with E-state index in [1.807, 2.05) is 11.8 Å². The first kappa shape index (κ1) is 24.6. The molecule has 3 nitrogen and oxygen atoms in total. The molecule has 0 amide bonds. The maximum Gasteiger partial charge on any atom is 0.213 e. The average Bonchev–Trinajstić information content (AvgIpc) is 3.20. The van der Waals surface area contributed by atoms with Gasteiger partial charge in [0.1, 0.15) is 13.6 Å². The van der Waals surface area contributed by atoms with Gasteiger partial charge in [-0.2, -0.15) is 4.57 Å². The fourth-order valence-electron chi connectivity index (χ4n) is 5.06. The molecule has 0 aliphatic carbocycles. The first-order chi connectivity index (χ1) is 17.3. The lowest BCUT2D eigenvalue weighted by Crippen LogP contribution is -2.42. The maximum absolute atomic E-state index is 2.35. The number of aromatic nitrogens is 1. The summed E-state index contributed by atoms with van der Waals surface area (Å²) in [6.45, 7) is 10.1. The SMILES string of the molecule is CC[N+](C)(CC)Cc1ccc(-c2cc(C=C3Sc4ccc(C)cc4N3C)c3ccccc3[n+]2C)cc1. The zero-order chi connectivity index (χ0) is 25.4. The molecule has 0 atom stereocenters. The van der Waals surface area contributed by atoms with Crippen LogP contribution in [0.3, 0.4) is 0 Å². The standard InChI is InChI=1S/C32H37N3S/c1-7-35(6,8-2)22-24-14-16-25(17-15-24)29-20-26(27-11-9-10-12-28(27)33(29)4)21-32-34(5)30-19-23(3)13-18-31(30)36-32/h9-21H,7-8,22H2,1-6H3/q+2. The molecular formula is C32H37N3S+2. The molecule has 5 rings (SSSR count). The van der Waals surface area contributed by atoms with Crippen molar-refractivity contribution in [3.63, 3.8) is 0 Å². The van der Waals surface area contributed by atoms with E-state index < -0.39 is 0 Å². The summed E-state index contributed by atoms with van der Waals surface area (Å²) >= 11 is 1.85. The van der Waals surface area contributed by atoms with Gasteiger partial charge in [0.05, 0.1) is 36.2 Å². The van der Waals surface area contributed by atoms with Crippen LogP contribution >= 0.6 is 11.8 Å². The second kappa shape index (κ2) is 9.76. The number of aryl methyl sites for hydroxylation is 2. The van der Waals surface area contributed by atoms with E-state index in [0.717, 1.165) is 24.1 Å². The van der Waals surface area contributed by atoms with E-state index in [9.17, 15) is 0 Å². The summed E-state index contributed by atoms with van der Waals surface area (Å²) in [5.41, 5.74) is 8.95. The number of nitrogens with zero attached hydrogens (tertiary/aromatic N) is 3. The molecule has 1 aromatic heterocycles. The maximum atomic E-state index is 2.35. The first-order valence-corrected chi connectivity index (χ1v) is 13.7. The zero-order valence-corrected chi connectivity index (χ0v) is 23.2. The van der Waals surface area contributed by atoms with Crippen LogP contribution in [-0.4, -0.2) is 31.7 Å². The Morgan fingerprint density at radius 2 is 1.67 bits per heavy atom. The van der Waals surface area contributed by atoms with Crippen molar-refractivity contribution in [3.8, 4) is 11.3 Å². The predicted octanol–water partition coefficient (Wildman–Crippen LogP) is 7.17. The Kier molecular flexibility index (Phi) is 6.67.